The van der Waals surface area contributed by atoms with Gasteiger partial charge in [-0.2, -0.15) is 0 Å². The van der Waals surface area contributed by atoms with Crippen LogP contribution in [0, 0.1) is 23.7 Å². The van der Waals surface area contributed by atoms with Crippen molar-refractivity contribution in [2.45, 2.75) is 0 Å². The predicted molar refractivity (Wildman–Crippen MR) is 395 cm³/mol. The Labute approximate surface area is 561 Å². The Morgan fingerprint density at radius 2 is 0.229 bits per heavy atom. The molecule has 0 aliphatic heterocycles. The van der Waals surface area contributed by atoms with E-state index in [1.807, 2.05) is 0 Å². The van der Waals surface area contributed by atoms with Crippen molar-refractivity contribution in [3.05, 3.63) is 455 Å². The highest BCUT2D eigenvalue weighted by molar-refractivity contribution is 6.01. The molecule has 0 spiro atoms. The minimum absolute atomic E-state index is 0.957. The molecule has 4 heteroatoms. The highest BCUT2D eigenvalue weighted by Gasteiger charge is 2.49. The fourth-order valence-electron chi connectivity index (χ4n) is 14.7. The normalized spacial score (nSPS) is 12.1. The molecule has 8 bridgehead atoms. The second-order valence-corrected chi connectivity index (χ2v) is 24.4. The van der Waals surface area contributed by atoms with Crippen LogP contribution in [0.2, 0.25) is 0 Å². The van der Waals surface area contributed by atoms with E-state index in [4.69, 9.17) is 0 Å². The summed E-state index contributed by atoms with van der Waals surface area (Å²) in [5.41, 5.74) is 28.9. The molecule has 4 aromatic heterocycles. The number of aromatic amines is 4. The quantitative estimate of drug-likeness (QED) is 0.0881. The first-order valence-electron chi connectivity index (χ1n) is 32.9. The molecule has 0 fully saturated rings. The van der Waals surface area contributed by atoms with E-state index in [2.05, 4.69) is 384 Å². The Hall–Kier alpha value is -12.8. The van der Waals surface area contributed by atoms with E-state index in [1.54, 1.807) is 0 Å². The highest BCUT2D eigenvalue weighted by Crippen LogP contribution is 2.57. The third kappa shape index (κ3) is 10.1. The zero-order valence-corrected chi connectivity index (χ0v) is 52.6. The van der Waals surface area contributed by atoms with Gasteiger partial charge >= 0.3 is 0 Å². The van der Waals surface area contributed by atoms with Gasteiger partial charge in [-0.25, -0.2) is 0 Å². The Kier molecular flexibility index (Phi) is 14.9. The standard InChI is InChI=1S/C92H64N4/c1-13-37-61(38-14-1)73-74(62-39-15-2-16-40-62)86-82(70-55-31-10-32-56-70)88-77(65-45-21-5-22-46-65)78(66-47-23-6-24-48-66)90(95-88)84(72-59-35-12-36-60-72)92-80(68-51-27-8-28-52-68)79(67-49-25-7-26-50-67)91(96-92)83(71-57-33-11-34-58-71)89-76(64-43-19-4-20-44-64)75(63-41-17-3-18-42-63)87(94-89)81(85(73)93-86)69-53-29-9-30-54-69/h1-60,93-96H/q+4. The molecule has 0 radical (unpaired) electrons. The number of benzene rings is 12. The van der Waals surface area contributed by atoms with Crippen LogP contribution in [0.4, 0.5) is 0 Å². The predicted octanol–water partition coefficient (Wildman–Crippen LogP) is 22.7. The highest BCUT2D eigenvalue weighted by atomic mass is 14.9. The van der Waals surface area contributed by atoms with Gasteiger partial charge in [-0.1, -0.05) is 146 Å². The second kappa shape index (κ2) is 25.0. The SMILES string of the molecule is c1ccc(-c2c3[nH]c(c2-c2ccccc2)[C+](c2ccccc2)c2[nH]c(c(-c4ccccc4)c2-c2ccccc2)[C+](c2ccccc2)c2[nH]c(c(-c4ccccc4)c2-c2ccccc2)[C+](c2ccccc2)c2[nH]c(c(-c4ccccc4)c2-c2ccccc2)[C+]3c2ccccc2)cc1. The summed E-state index contributed by atoms with van der Waals surface area (Å²) in [4.78, 5) is 18.1. The molecule has 448 valence electrons. The lowest BCUT2D eigenvalue weighted by Gasteiger charge is -2.15. The summed E-state index contributed by atoms with van der Waals surface area (Å²) in [6, 6.07) is 132. The van der Waals surface area contributed by atoms with Crippen LogP contribution in [0.3, 0.4) is 0 Å². The number of hydrogen-bond acceptors (Lipinski definition) is 0. The average Bonchev–Trinajstić information content (AvgIpc) is 1.55. The number of nitrogens with one attached hydrogen (secondary N) is 4. The smallest absolute Gasteiger partial charge is 0.135 e. The summed E-state index contributed by atoms with van der Waals surface area (Å²) in [7, 11) is 0. The lowest BCUT2D eigenvalue weighted by Crippen LogP contribution is -2.13. The van der Waals surface area contributed by atoms with Gasteiger partial charge in [0.25, 0.3) is 0 Å². The van der Waals surface area contributed by atoms with Gasteiger partial charge in [-0.15, -0.1) is 0 Å². The number of rotatable bonds is 12. The van der Waals surface area contributed by atoms with Gasteiger partial charge in [0.2, 0.25) is 0 Å². The molecular weight excluding hydrogens is 1160 g/mol. The summed E-state index contributed by atoms with van der Waals surface area (Å²) in [6.45, 7) is 0. The molecule has 1 aliphatic rings. The Morgan fingerprint density at radius 1 is 0.125 bits per heavy atom. The molecule has 17 rings (SSSR count). The average molecular weight is 1230 g/mol. The zero-order valence-electron chi connectivity index (χ0n) is 52.6. The summed E-state index contributed by atoms with van der Waals surface area (Å²) < 4.78 is 0. The van der Waals surface area contributed by atoms with E-state index in [9.17, 15) is 0 Å². The van der Waals surface area contributed by atoms with E-state index in [1.165, 1.54) is 0 Å². The molecule has 0 saturated carbocycles. The molecule has 4 N–H and O–H groups in total. The summed E-state index contributed by atoms with van der Waals surface area (Å²) in [6.07, 6.45) is 0. The van der Waals surface area contributed by atoms with Gasteiger partial charge < -0.3 is 19.9 Å². The van der Waals surface area contributed by atoms with Crippen LogP contribution >= 0.6 is 0 Å². The van der Waals surface area contributed by atoms with Crippen molar-refractivity contribution in [1.29, 1.82) is 0 Å². The summed E-state index contributed by atoms with van der Waals surface area (Å²) in [5, 5.41) is 0. The monoisotopic (exact) mass is 1220 g/mol. The Bertz CT molecular complexity index is 4360. The third-order valence-corrected chi connectivity index (χ3v) is 18.7. The van der Waals surface area contributed by atoms with Crippen molar-refractivity contribution in [1.82, 2.24) is 19.9 Å². The van der Waals surface area contributed by atoms with Gasteiger partial charge in [0, 0.05) is 93.0 Å². The minimum atomic E-state index is 0.957. The Morgan fingerprint density at radius 3 is 0.344 bits per heavy atom. The molecule has 4 heterocycles. The zero-order chi connectivity index (χ0) is 63.7. The van der Waals surface area contributed by atoms with Gasteiger partial charge in [0.15, 0.2) is 0 Å². The fourth-order valence-corrected chi connectivity index (χ4v) is 14.7. The van der Waals surface area contributed by atoms with Crippen LogP contribution in [0.5, 0.6) is 0 Å². The number of H-pyrrole nitrogens is 4. The molecule has 0 atom stereocenters. The van der Waals surface area contributed by atoms with Crippen LogP contribution in [0.25, 0.3) is 89.0 Å². The van der Waals surface area contributed by atoms with Crippen LogP contribution < -0.4 is 0 Å². The van der Waals surface area contributed by atoms with Crippen LogP contribution in [-0.2, 0) is 0 Å². The van der Waals surface area contributed by atoms with Crippen molar-refractivity contribution >= 4 is 0 Å². The molecule has 0 saturated heterocycles. The number of hydrogen-bond donors (Lipinski definition) is 4. The fraction of sp³-hybridized carbons (Fsp3) is 0. The van der Waals surface area contributed by atoms with E-state index < -0.39 is 0 Å². The first-order valence-corrected chi connectivity index (χ1v) is 32.9. The minimum Gasteiger partial charge on any atom is -0.326 e. The lowest BCUT2D eigenvalue weighted by atomic mass is 9.79. The molecule has 96 heavy (non-hydrogen) atoms. The lowest BCUT2D eigenvalue weighted by molar-refractivity contribution is 1.01. The first kappa shape index (κ1) is 57.2. The Balaban J connectivity index is 1.16. The van der Waals surface area contributed by atoms with Crippen molar-refractivity contribution in [3.63, 3.8) is 0 Å². The van der Waals surface area contributed by atoms with Crippen LogP contribution in [0.1, 0.15) is 67.8 Å². The molecule has 0 amide bonds. The van der Waals surface area contributed by atoms with E-state index in [0.717, 1.165) is 180 Å². The summed E-state index contributed by atoms with van der Waals surface area (Å²) in [5.74, 6) is 4.03. The number of fused-ring (bicyclic) bond motifs is 12. The first-order chi connectivity index (χ1) is 47.7. The second-order valence-electron chi connectivity index (χ2n) is 24.4. The van der Waals surface area contributed by atoms with Crippen molar-refractivity contribution in [2.75, 3.05) is 0 Å². The van der Waals surface area contributed by atoms with Gasteiger partial charge in [-0.05, 0) is 170 Å². The topological polar surface area (TPSA) is 63.2 Å². The van der Waals surface area contributed by atoms with Crippen molar-refractivity contribution in [3.8, 4) is 89.0 Å². The third-order valence-electron chi connectivity index (χ3n) is 18.7. The van der Waals surface area contributed by atoms with Crippen molar-refractivity contribution in [2.24, 2.45) is 0 Å². The van der Waals surface area contributed by atoms with Gasteiger partial charge in [0.1, 0.15) is 114 Å². The molecule has 4 nitrogen and oxygen atoms in total. The molecular formula is C92H64N4+4. The largest absolute Gasteiger partial charge is 0.326 e. The maximum atomic E-state index is 4.51. The van der Waals surface area contributed by atoms with Gasteiger partial charge in [-0.3, -0.25) is 0 Å². The molecule has 0 unspecified atom stereocenters. The summed E-state index contributed by atoms with van der Waals surface area (Å²) >= 11 is 0. The van der Waals surface area contributed by atoms with Crippen molar-refractivity contribution < 1.29 is 0 Å². The molecule has 1 aliphatic carbocycles. The van der Waals surface area contributed by atoms with Crippen LogP contribution in [-0.4, -0.2) is 19.9 Å². The van der Waals surface area contributed by atoms with E-state index >= 15 is 0 Å². The number of aromatic nitrogens is 4. The molecule has 12 aromatic carbocycles. The van der Waals surface area contributed by atoms with Gasteiger partial charge in [0.05, 0.1) is 22.3 Å². The van der Waals surface area contributed by atoms with E-state index in [-0.39, 0.29) is 0 Å². The maximum absolute atomic E-state index is 4.51. The van der Waals surface area contributed by atoms with Crippen LogP contribution in [0.15, 0.2) is 364 Å². The molecule has 16 aromatic rings. The van der Waals surface area contributed by atoms with E-state index in [0.29, 0.717) is 0 Å². The maximum Gasteiger partial charge on any atom is 0.135 e.